The molecule has 0 spiro atoms. The van der Waals surface area contributed by atoms with Gasteiger partial charge in [-0.05, 0) is 40.8 Å². The van der Waals surface area contributed by atoms with Gasteiger partial charge in [-0.3, -0.25) is 14.5 Å². The first kappa shape index (κ1) is 24.0. The molecule has 0 unspecified atom stereocenters. The Morgan fingerprint density at radius 2 is 1.64 bits per heavy atom. The predicted molar refractivity (Wildman–Crippen MR) is 134 cm³/mol. The second-order valence-electron chi connectivity index (χ2n) is 10.5. The summed E-state index contributed by atoms with van der Waals surface area (Å²) in [5, 5.41) is 2.19. The van der Waals surface area contributed by atoms with Crippen molar-refractivity contribution in [2.45, 2.75) is 52.5 Å². The Labute approximate surface area is 202 Å². The van der Waals surface area contributed by atoms with Crippen LogP contribution in [0.5, 0.6) is 0 Å². The second kappa shape index (κ2) is 10.4. The standard InChI is InChI=1S/C27H37N3O2S/c1-27(2,3)20-25(32)29-14-7-13-28(17-18-29)24(31)11-16-30-15-10-23-22(12-19-33-23)26(30)21-8-5-4-6-9-21/h4-6,8-9,12,19,26H,7,10-11,13-18,20H2,1-3H3/t26-/m0/s1. The minimum absolute atomic E-state index is 0.00898. The third-order valence-electron chi connectivity index (χ3n) is 6.68. The summed E-state index contributed by atoms with van der Waals surface area (Å²) in [6, 6.07) is 13.1. The van der Waals surface area contributed by atoms with Crippen LogP contribution in [0.25, 0.3) is 0 Å². The van der Waals surface area contributed by atoms with Crippen molar-refractivity contribution in [3.05, 3.63) is 57.8 Å². The van der Waals surface area contributed by atoms with Gasteiger partial charge in [-0.2, -0.15) is 0 Å². The molecule has 178 valence electrons. The Morgan fingerprint density at radius 3 is 2.33 bits per heavy atom. The molecule has 0 saturated carbocycles. The molecule has 1 fully saturated rings. The summed E-state index contributed by atoms with van der Waals surface area (Å²) in [7, 11) is 0. The van der Waals surface area contributed by atoms with Gasteiger partial charge in [0.1, 0.15) is 0 Å². The molecule has 6 heteroatoms. The maximum absolute atomic E-state index is 13.1. The number of hydrogen-bond acceptors (Lipinski definition) is 4. The van der Waals surface area contributed by atoms with Crippen molar-refractivity contribution in [3.63, 3.8) is 0 Å². The highest BCUT2D eigenvalue weighted by Gasteiger charge is 2.30. The molecular formula is C27H37N3O2S. The first-order chi connectivity index (χ1) is 15.8. The topological polar surface area (TPSA) is 43.9 Å². The number of benzene rings is 1. The van der Waals surface area contributed by atoms with Crippen molar-refractivity contribution in [1.29, 1.82) is 0 Å². The van der Waals surface area contributed by atoms with Gasteiger partial charge in [0, 0.05) is 57.0 Å². The molecule has 5 nitrogen and oxygen atoms in total. The first-order valence-corrected chi connectivity index (χ1v) is 13.1. The molecule has 0 radical (unpaired) electrons. The van der Waals surface area contributed by atoms with E-state index in [0.29, 0.717) is 25.9 Å². The predicted octanol–water partition coefficient (Wildman–Crippen LogP) is 4.58. The lowest BCUT2D eigenvalue weighted by molar-refractivity contribution is -0.134. The summed E-state index contributed by atoms with van der Waals surface area (Å²) in [5.41, 5.74) is 2.69. The molecule has 1 saturated heterocycles. The molecule has 2 aromatic rings. The first-order valence-electron chi connectivity index (χ1n) is 12.2. The lowest BCUT2D eigenvalue weighted by Gasteiger charge is -2.36. The molecule has 1 aromatic heterocycles. The van der Waals surface area contributed by atoms with E-state index in [1.54, 1.807) is 0 Å². The fourth-order valence-corrected chi connectivity index (χ4v) is 5.92. The number of amides is 2. The zero-order valence-corrected chi connectivity index (χ0v) is 21.1. The van der Waals surface area contributed by atoms with E-state index in [9.17, 15) is 9.59 Å². The number of hydrogen-bond donors (Lipinski definition) is 0. The van der Waals surface area contributed by atoms with E-state index < -0.39 is 0 Å². The normalized spacial score (nSPS) is 19.8. The van der Waals surface area contributed by atoms with Crippen molar-refractivity contribution >= 4 is 23.2 Å². The molecule has 0 N–H and O–H groups in total. The summed E-state index contributed by atoms with van der Waals surface area (Å²) in [4.78, 5) is 33.6. The van der Waals surface area contributed by atoms with Gasteiger partial charge in [0.15, 0.2) is 0 Å². The number of nitrogens with zero attached hydrogens (tertiary/aromatic N) is 3. The lowest BCUT2D eigenvalue weighted by atomic mass is 9.91. The number of carbonyl (C=O) groups excluding carboxylic acids is 2. The average Bonchev–Trinajstić information content (AvgIpc) is 3.11. The van der Waals surface area contributed by atoms with Gasteiger partial charge in [0.05, 0.1) is 6.04 Å². The van der Waals surface area contributed by atoms with Crippen LogP contribution in [-0.4, -0.2) is 65.8 Å². The van der Waals surface area contributed by atoms with E-state index in [4.69, 9.17) is 0 Å². The molecule has 4 rings (SSSR count). The molecule has 0 bridgehead atoms. The van der Waals surface area contributed by atoms with Crippen molar-refractivity contribution < 1.29 is 9.59 Å². The highest BCUT2D eigenvalue weighted by Crippen LogP contribution is 2.37. The fourth-order valence-electron chi connectivity index (χ4n) is 5.01. The summed E-state index contributed by atoms with van der Waals surface area (Å²) >= 11 is 1.85. The third-order valence-corrected chi connectivity index (χ3v) is 7.67. The maximum atomic E-state index is 13.1. The van der Waals surface area contributed by atoms with E-state index in [2.05, 4.69) is 67.4 Å². The van der Waals surface area contributed by atoms with Gasteiger partial charge in [-0.1, -0.05) is 51.1 Å². The Morgan fingerprint density at radius 1 is 0.939 bits per heavy atom. The van der Waals surface area contributed by atoms with E-state index in [1.807, 2.05) is 21.1 Å². The van der Waals surface area contributed by atoms with Gasteiger partial charge in [0.25, 0.3) is 0 Å². The van der Waals surface area contributed by atoms with Gasteiger partial charge in [-0.25, -0.2) is 0 Å². The zero-order chi connectivity index (χ0) is 23.4. The second-order valence-corrected chi connectivity index (χ2v) is 11.5. The van der Waals surface area contributed by atoms with Crippen LogP contribution >= 0.6 is 11.3 Å². The number of thiophene rings is 1. The molecule has 1 aromatic carbocycles. The van der Waals surface area contributed by atoms with Gasteiger partial charge in [-0.15, -0.1) is 11.3 Å². The van der Waals surface area contributed by atoms with Crippen LogP contribution in [0.4, 0.5) is 0 Å². The number of fused-ring (bicyclic) bond motifs is 1. The molecule has 1 atom stereocenters. The van der Waals surface area contributed by atoms with E-state index in [1.165, 1.54) is 16.0 Å². The minimum atomic E-state index is -0.00898. The van der Waals surface area contributed by atoms with Crippen LogP contribution < -0.4 is 0 Å². The monoisotopic (exact) mass is 467 g/mol. The van der Waals surface area contributed by atoms with E-state index >= 15 is 0 Å². The average molecular weight is 468 g/mol. The van der Waals surface area contributed by atoms with Crippen LogP contribution in [-0.2, 0) is 16.0 Å². The molecule has 2 aliphatic rings. The summed E-state index contributed by atoms with van der Waals surface area (Å²) in [5.74, 6) is 0.422. The highest BCUT2D eigenvalue weighted by atomic mass is 32.1. The maximum Gasteiger partial charge on any atom is 0.223 e. The van der Waals surface area contributed by atoms with Crippen molar-refractivity contribution in [2.24, 2.45) is 5.41 Å². The Bertz CT molecular complexity index is 950. The Balaban J connectivity index is 1.36. The molecular weight excluding hydrogens is 430 g/mol. The van der Waals surface area contributed by atoms with E-state index in [-0.39, 0.29) is 23.3 Å². The van der Waals surface area contributed by atoms with Crippen LogP contribution in [0.2, 0.25) is 0 Å². The zero-order valence-electron chi connectivity index (χ0n) is 20.3. The van der Waals surface area contributed by atoms with Crippen LogP contribution in [0.15, 0.2) is 41.8 Å². The lowest BCUT2D eigenvalue weighted by Crippen LogP contribution is -2.41. The van der Waals surface area contributed by atoms with Gasteiger partial charge >= 0.3 is 0 Å². The molecule has 3 heterocycles. The largest absolute Gasteiger partial charge is 0.341 e. The summed E-state index contributed by atoms with van der Waals surface area (Å²) in [6.07, 6.45) is 3.00. The molecule has 33 heavy (non-hydrogen) atoms. The Hall–Kier alpha value is -2.18. The fraction of sp³-hybridized carbons (Fsp3) is 0.556. The van der Waals surface area contributed by atoms with Crippen molar-refractivity contribution in [2.75, 3.05) is 39.3 Å². The van der Waals surface area contributed by atoms with Gasteiger partial charge < -0.3 is 9.80 Å². The SMILES string of the molecule is CC(C)(C)CC(=O)N1CCCN(C(=O)CCN2CCc3sccc3[C@@H]2c2ccccc2)CC1. The van der Waals surface area contributed by atoms with E-state index in [0.717, 1.165) is 39.0 Å². The molecule has 2 aliphatic heterocycles. The van der Waals surface area contributed by atoms with Crippen LogP contribution in [0.1, 0.15) is 62.1 Å². The van der Waals surface area contributed by atoms with Crippen LogP contribution in [0.3, 0.4) is 0 Å². The van der Waals surface area contributed by atoms with Gasteiger partial charge in [0.2, 0.25) is 11.8 Å². The van der Waals surface area contributed by atoms with Crippen molar-refractivity contribution in [3.8, 4) is 0 Å². The third kappa shape index (κ3) is 6.04. The quantitative estimate of drug-likeness (QED) is 0.646. The Kier molecular flexibility index (Phi) is 7.55. The number of rotatable bonds is 5. The highest BCUT2D eigenvalue weighted by molar-refractivity contribution is 7.10. The van der Waals surface area contributed by atoms with Crippen molar-refractivity contribution in [1.82, 2.24) is 14.7 Å². The number of carbonyl (C=O) groups is 2. The summed E-state index contributed by atoms with van der Waals surface area (Å²) in [6.45, 7) is 10.8. The van der Waals surface area contributed by atoms with Crippen LogP contribution in [0, 0.1) is 5.41 Å². The minimum Gasteiger partial charge on any atom is -0.341 e. The molecule has 0 aliphatic carbocycles. The summed E-state index contributed by atoms with van der Waals surface area (Å²) < 4.78 is 0. The molecule has 2 amide bonds. The smallest absolute Gasteiger partial charge is 0.223 e.